The van der Waals surface area contributed by atoms with E-state index < -0.39 is 0 Å². The average Bonchev–Trinajstić information content (AvgIpc) is 3.36. The second-order valence-corrected chi connectivity index (χ2v) is 6.67. The maximum absolute atomic E-state index is 10.8. The van der Waals surface area contributed by atoms with E-state index in [1.807, 2.05) is 18.2 Å². The smallest absolute Gasteiger partial charge is 0.0945 e. The third kappa shape index (κ3) is 3.62. The van der Waals surface area contributed by atoms with Crippen molar-refractivity contribution in [3.8, 4) is 0 Å². The number of hydrogen-bond acceptors (Lipinski definition) is 2. The molecule has 1 aromatic carbocycles. The first kappa shape index (κ1) is 14.1. The molecule has 0 amide bonds. The van der Waals surface area contributed by atoms with Crippen molar-refractivity contribution < 1.29 is 5.11 Å². The van der Waals surface area contributed by atoms with Crippen molar-refractivity contribution in [2.75, 3.05) is 13.1 Å². The fourth-order valence-electron chi connectivity index (χ4n) is 3.16. The Morgan fingerprint density at radius 2 is 1.60 bits per heavy atom. The summed E-state index contributed by atoms with van der Waals surface area (Å²) in [6, 6.07) is 10.5. The Morgan fingerprint density at radius 3 is 2.05 bits per heavy atom. The van der Waals surface area contributed by atoms with Crippen LogP contribution in [0.25, 0.3) is 0 Å². The van der Waals surface area contributed by atoms with Gasteiger partial charge in [0.1, 0.15) is 0 Å². The number of benzene rings is 1. The molecule has 3 rings (SSSR count). The Labute approximate surface area is 122 Å². The summed E-state index contributed by atoms with van der Waals surface area (Å²) in [4.78, 5) is 2.59. The van der Waals surface area contributed by atoms with Gasteiger partial charge in [-0.15, -0.1) is 0 Å². The summed E-state index contributed by atoms with van der Waals surface area (Å²) in [5.74, 6) is 1.79. The lowest BCUT2D eigenvalue weighted by Crippen LogP contribution is -2.42. The summed E-state index contributed by atoms with van der Waals surface area (Å²) in [7, 11) is 0. The number of rotatable bonds is 8. The van der Waals surface area contributed by atoms with E-state index >= 15 is 0 Å². The van der Waals surface area contributed by atoms with Gasteiger partial charge in [0.15, 0.2) is 0 Å². The zero-order chi connectivity index (χ0) is 13.9. The molecule has 0 heterocycles. The molecule has 0 aromatic heterocycles. The third-order valence-electron chi connectivity index (χ3n) is 4.77. The Bertz CT molecular complexity index is 397. The molecule has 2 atom stereocenters. The van der Waals surface area contributed by atoms with Crippen LogP contribution in [0.1, 0.15) is 50.7 Å². The molecule has 0 radical (unpaired) electrons. The highest BCUT2D eigenvalue weighted by Gasteiger charge is 2.34. The molecule has 2 aliphatic carbocycles. The first-order valence-corrected chi connectivity index (χ1v) is 8.25. The first-order chi connectivity index (χ1) is 9.78. The molecule has 2 aliphatic rings. The molecule has 20 heavy (non-hydrogen) atoms. The maximum Gasteiger partial charge on any atom is 0.0945 e. The molecule has 110 valence electrons. The number of aliphatic hydroxyl groups excluding tert-OH is 1. The molecule has 0 aliphatic heterocycles. The molecule has 0 bridgehead atoms. The van der Waals surface area contributed by atoms with Crippen LogP contribution in [-0.2, 0) is 0 Å². The minimum Gasteiger partial charge on any atom is -0.387 e. The monoisotopic (exact) mass is 273 g/mol. The van der Waals surface area contributed by atoms with Gasteiger partial charge < -0.3 is 5.11 Å². The molecule has 2 unspecified atom stereocenters. The van der Waals surface area contributed by atoms with E-state index in [0.29, 0.717) is 0 Å². The van der Waals surface area contributed by atoms with Crippen LogP contribution >= 0.6 is 0 Å². The van der Waals surface area contributed by atoms with Gasteiger partial charge in [-0.2, -0.15) is 0 Å². The van der Waals surface area contributed by atoms with Crippen molar-refractivity contribution >= 4 is 0 Å². The van der Waals surface area contributed by atoms with Crippen molar-refractivity contribution in [2.45, 2.75) is 51.2 Å². The molecule has 2 heteroatoms. The van der Waals surface area contributed by atoms with E-state index in [1.54, 1.807) is 0 Å². The minimum absolute atomic E-state index is 0.276. The van der Waals surface area contributed by atoms with Gasteiger partial charge in [-0.25, -0.2) is 0 Å². The van der Waals surface area contributed by atoms with Gasteiger partial charge in [-0.1, -0.05) is 37.3 Å². The van der Waals surface area contributed by atoms with E-state index in [-0.39, 0.29) is 12.1 Å². The lowest BCUT2D eigenvalue weighted by Gasteiger charge is -2.35. The Hall–Kier alpha value is -0.860. The molecular formula is C18H27NO. The molecular weight excluding hydrogens is 246 g/mol. The lowest BCUT2D eigenvalue weighted by atomic mass is 9.98. The second kappa shape index (κ2) is 6.28. The molecule has 1 N–H and O–H groups in total. The summed E-state index contributed by atoms with van der Waals surface area (Å²) in [6.07, 6.45) is 6.23. The summed E-state index contributed by atoms with van der Waals surface area (Å²) in [5.41, 5.74) is 1.07. The Morgan fingerprint density at radius 1 is 1.05 bits per heavy atom. The predicted molar refractivity (Wildman–Crippen MR) is 82.5 cm³/mol. The van der Waals surface area contributed by atoms with Gasteiger partial charge in [0.05, 0.1) is 6.10 Å². The average molecular weight is 273 g/mol. The van der Waals surface area contributed by atoms with Gasteiger partial charge in [0.2, 0.25) is 0 Å². The molecule has 1 aromatic rings. The van der Waals surface area contributed by atoms with E-state index in [0.717, 1.165) is 23.8 Å². The third-order valence-corrected chi connectivity index (χ3v) is 4.77. The van der Waals surface area contributed by atoms with Gasteiger partial charge >= 0.3 is 0 Å². The van der Waals surface area contributed by atoms with Gasteiger partial charge in [0, 0.05) is 19.1 Å². The topological polar surface area (TPSA) is 23.5 Å². The quantitative estimate of drug-likeness (QED) is 0.782. The van der Waals surface area contributed by atoms with Crippen LogP contribution in [0.3, 0.4) is 0 Å². The van der Waals surface area contributed by atoms with E-state index in [2.05, 4.69) is 24.0 Å². The highest BCUT2D eigenvalue weighted by Crippen LogP contribution is 2.36. The molecule has 2 saturated carbocycles. The molecule has 0 spiro atoms. The van der Waals surface area contributed by atoms with Gasteiger partial charge in [-0.05, 0) is 49.5 Å². The van der Waals surface area contributed by atoms with Crippen molar-refractivity contribution in [1.29, 1.82) is 0 Å². The number of hydrogen-bond donors (Lipinski definition) is 1. The number of aliphatic hydroxyl groups is 1. The van der Waals surface area contributed by atoms with Gasteiger partial charge in [0.25, 0.3) is 0 Å². The normalized spacial score (nSPS) is 21.9. The van der Waals surface area contributed by atoms with Crippen molar-refractivity contribution in [1.82, 2.24) is 4.90 Å². The summed E-state index contributed by atoms with van der Waals surface area (Å²) in [5, 5.41) is 10.8. The summed E-state index contributed by atoms with van der Waals surface area (Å²) >= 11 is 0. The molecule has 2 nitrogen and oxygen atoms in total. The fourth-order valence-corrected chi connectivity index (χ4v) is 3.16. The van der Waals surface area contributed by atoms with Gasteiger partial charge in [-0.3, -0.25) is 4.90 Å². The van der Waals surface area contributed by atoms with Crippen LogP contribution < -0.4 is 0 Å². The zero-order valence-electron chi connectivity index (χ0n) is 12.5. The fraction of sp³-hybridized carbons (Fsp3) is 0.667. The van der Waals surface area contributed by atoms with Crippen LogP contribution in [0.4, 0.5) is 0 Å². The Balaban J connectivity index is 1.70. The Kier molecular flexibility index (Phi) is 4.42. The van der Waals surface area contributed by atoms with Crippen molar-refractivity contribution in [3.63, 3.8) is 0 Å². The standard InChI is InChI=1S/C18H27NO/c1-2-17(18(20)16-6-4-3-5-7-16)19(12-14-8-9-14)13-15-10-11-15/h3-7,14-15,17-18,20H,2,8-13H2,1H3. The van der Waals surface area contributed by atoms with Crippen LogP contribution in [0, 0.1) is 11.8 Å². The van der Waals surface area contributed by atoms with E-state index in [1.165, 1.54) is 38.8 Å². The van der Waals surface area contributed by atoms with Crippen molar-refractivity contribution in [3.05, 3.63) is 35.9 Å². The summed E-state index contributed by atoms with van der Waals surface area (Å²) < 4.78 is 0. The highest BCUT2D eigenvalue weighted by atomic mass is 16.3. The first-order valence-electron chi connectivity index (χ1n) is 8.25. The van der Waals surface area contributed by atoms with Crippen LogP contribution in [0.5, 0.6) is 0 Å². The predicted octanol–water partition coefficient (Wildman–Crippen LogP) is 3.62. The lowest BCUT2D eigenvalue weighted by molar-refractivity contribution is 0.0400. The highest BCUT2D eigenvalue weighted by molar-refractivity contribution is 5.19. The zero-order valence-corrected chi connectivity index (χ0v) is 12.5. The second-order valence-electron chi connectivity index (χ2n) is 6.67. The summed E-state index contributed by atoms with van der Waals surface area (Å²) in [6.45, 7) is 4.60. The molecule has 0 saturated heterocycles. The SMILES string of the molecule is CCC(C(O)c1ccccc1)N(CC1CC1)CC1CC1. The minimum atomic E-state index is -0.348. The molecule has 2 fully saturated rings. The van der Waals surface area contributed by atoms with Crippen LogP contribution in [-0.4, -0.2) is 29.1 Å². The largest absolute Gasteiger partial charge is 0.387 e. The van der Waals surface area contributed by atoms with Crippen LogP contribution in [0.2, 0.25) is 0 Å². The maximum atomic E-state index is 10.8. The van der Waals surface area contributed by atoms with Crippen molar-refractivity contribution in [2.24, 2.45) is 11.8 Å². The van der Waals surface area contributed by atoms with E-state index in [9.17, 15) is 5.11 Å². The van der Waals surface area contributed by atoms with Crippen LogP contribution in [0.15, 0.2) is 30.3 Å². The van der Waals surface area contributed by atoms with E-state index in [4.69, 9.17) is 0 Å². The number of nitrogens with zero attached hydrogens (tertiary/aromatic N) is 1.